The second-order valence-corrected chi connectivity index (χ2v) is 6.95. The van der Waals surface area contributed by atoms with E-state index in [4.69, 9.17) is 4.74 Å². The maximum atomic E-state index is 13.3. The fraction of sp³-hybridized carbons (Fsp3) is 0.208. The maximum absolute atomic E-state index is 13.3. The minimum atomic E-state index is -0.360. The highest BCUT2D eigenvalue weighted by atomic mass is 127. The van der Waals surface area contributed by atoms with Crippen LogP contribution in [-0.2, 0) is 13.0 Å². The normalized spacial score (nSPS) is 10.7. The van der Waals surface area contributed by atoms with Gasteiger partial charge < -0.3 is 20.7 Å². The standard InChI is InChI=1S/C24H26FN5O2.HI/c1-26-23(31)19-6-3-5-17(13-19)11-12-28-24(27-2)30-16-18-9-10-22(29-15-18)32-21-8-4-7-20(25)14-21;/h3-10,13-15H,11-12,16H2,1-2H3,(H,26,31)(H2,27,28,30);1H. The number of aromatic nitrogens is 1. The number of nitrogens with zero attached hydrogens (tertiary/aromatic N) is 2. The summed E-state index contributed by atoms with van der Waals surface area (Å²) in [6.07, 6.45) is 2.44. The summed E-state index contributed by atoms with van der Waals surface area (Å²) in [4.78, 5) is 20.2. The van der Waals surface area contributed by atoms with Gasteiger partial charge in [0.2, 0.25) is 5.88 Å². The first-order valence-electron chi connectivity index (χ1n) is 10.2. The molecule has 3 rings (SSSR count). The summed E-state index contributed by atoms with van der Waals surface area (Å²) in [7, 11) is 3.32. The molecule has 1 aromatic heterocycles. The minimum Gasteiger partial charge on any atom is -0.439 e. The van der Waals surface area contributed by atoms with E-state index < -0.39 is 0 Å². The lowest BCUT2D eigenvalue weighted by Crippen LogP contribution is -2.37. The van der Waals surface area contributed by atoms with Crippen molar-refractivity contribution in [2.24, 2.45) is 4.99 Å². The van der Waals surface area contributed by atoms with Crippen LogP contribution in [0.5, 0.6) is 11.6 Å². The first-order chi connectivity index (χ1) is 15.6. The van der Waals surface area contributed by atoms with E-state index in [1.54, 1.807) is 44.6 Å². The fourth-order valence-electron chi connectivity index (χ4n) is 2.97. The van der Waals surface area contributed by atoms with Crippen LogP contribution in [0.25, 0.3) is 0 Å². The molecule has 3 aromatic rings. The monoisotopic (exact) mass is 563 g/mol. The molecule has 0 atom stereocenters. The van der Waals surface area contributed by atoms with Crippen molar-refractivity contribution in [1.82, 2.24) is 20.9 Å². The average molecular weight is 563 g/mol. The Labute approximate surface area is 209 Å². The lowest BCUT2D eigenvalue weighted by molar-refractivity contribution is 0.0963. The molecule has 2 aromatic carbocycles. The van der Waals surface area contributed by atoms with Crippen LogP contribution in [0.4, 0.5) is 4.39 Å². The number of guanidine groups is 1. The SMILES string of the molecule is CN=C(NCCc1cccc(C(=O)NC)c1)NCc1ccc(Oc2cccc(F)c2)nc1.I. The summed E-state index contributed by atoms with van der Waals surface area (Å²) in [6, 6.07) is 17.1. The van der Waals surface area contributed by atoms with Crippen molar-refractivity contribution in [3.63, 3.8) is 0 Å². The van der Waals surface area contributed by atoms with Crippen LogP contribution in [0.3, 0.4) is 0 Å². The van der Waals surface area contributed by atoms with Crippen LogP contribution in [-0.4, -0.2) is 37.5 Å². The van der Waals surface area contributed by atoms with Gasteiger partial charge in [-0.25, -0.2) is 9.37 Å². The summed E-state index contributed by atoms with van der Waals surface area (Å²) in [6.45, 7) is 1.19. The summed E-state index contributed by atoms with van der Waals surface area (Å²) >= 11 is 0. The highest BCUT2D eigenvalue weighted by Crippen LogP contribution is 2.20. The van der Waals surface area contributed by atoms with E-state index in [1.807, 2.05) is 24.3 Å². The van der Waals surface area contributed by atoms with E-state index in [1.165, 1.54) is 12.1 Å². The van der Waals surface area contributed by atoms with Crippen molar-refractivity contribution < 1.29 is 13.9 Å². The van der Waals surface area contributed by atoms with E-state index in [0.717, 1.165) is 17.5 Å². The third-order valence-corrected chi connectivity index (χ3v) is 4.62. The molecule has 0 radical (unpaired) electrons. The number of carbonyl (C=O) groups excluding carboxylic acids is 1. The summed E-state index contributed by atoms with van der Waals surface area (Å²) in [5.74, 6) is 0.988. The number of amides is 1. The Bertz CT molecular complexity index is 1080. The van der Waals surface area contributed by atoms with E-state index in [2.05, 4.69) is 25.9 Å². The van der Waals surface area contributed by atoms with Crippen molar-refractivity contribution in [2.45, 2.75) is 13.0 Å². The van der Waals surface area contributed by atoms with Gasteiger partial charge in [-0.2, -0.15) is 0 Å². The van der Waals surface area contributed by atoms with E-state index in [0.29, 0.717) is 36.2 Å². The second-order valence-electron chi connectivity index (χ2n) is 6.95. The molecule has 0 unspecified atom stereocenters. The Balaban J connectivity index is 0.00000385. The maximum Gasteiger partial charge on any atom is 0.251 e. The average Bonchev–Trinajstić information content (AvgIpc) is 2.82. The molecule has 174 valence electrons. The van der Waals surface area contributed by atoms with Crippen LogP contribution in [0, 0.1) is 5.82 Å². The second kappa shape index (κ2) is 13.4. The minimum absolute atomic E-state index is 0. The molecular formula is C24H27FIN5O2. The zero-order valence-electron chi connectivity index (χ0n) is 18.5. The largest absolute Gasteiger partial charge is 0.439 e. The summed E-state index contributed by atoms with van der Waals surface area (Å²) < 4.78 is 18.8. The third kappa shape index (κ3) is 8.33. The number of hydrogen-bond donors (Lipinski definition) is 3. The zero-order chi connectivity index (χ0) is 22.8. The predicted octanol–water partition coefficient (Wildman–Crippen LogP) is 3.90. The van der Waals surface area contributed by atoms with Gasteiger partial charge in [0.1, 0.15) is 11.6 Å². The Morgan fingerprint density at radius 2 is 1.88 bits per heavy atom. The predicted molar refractivity (Wildman–Crippen MR) is 138 cm³/mol. The molecule has 0 aliphatic heterocycles. The van der Waals surface area contributed by atoms with Gasteiger partial charge in [0.15, 0.2) is 5.96 Å². The first-order valence-corrected chi connectivity index (χ1v) is 10.2. The molecule has 0 fully saturated rings. The van der Waals surface area contributed by atoms with Gasteiger partial charge in [-0.1, -0.05) is 24.3 Å². The van der Waals surface area contributed by atoms with Gasteiger partial charge in [-0.05, 0) is 41.8 Å². The molecule has 33 heavy (non-hydrogen) atoms. The zero-order valence-corrected chi connectivity index (χ0v) is 20.8. The third-order valence-electron chi connectivity index (χ3n) is 4.62. The molecule has 1 amide bonds. The van der Waals surface area contributed by atoms with Crippen molar-refractivity contribution in [2.75, 3.05) is 20.6 Å². The Morgan fingerprint density at radius 1 is 1.06 bits per heavy atom. The van der Waals surface area contributed by atoms with Gasteiger partial charge in [-0.15, -0.1) is 24.0 Å². The number of hydrogen-bond acceptors (Lipinski definition) is 4. The smallest absolute Gasteiger partial charge is 0.251 e. The van der Waals surface area contributed by atoms with Crippen molar-refractivity contribution in [1.29, 1.82) is 0 Å². The fourth-order valence-corrected chi connectivity index (χ4v) is 2.97. The molecule has 1 heterocycles. The number of halogens is 2. The number of benzene rings is 2. The lowest BCUT2D eigenvalue weighted by Gasteiger charge is -2.12. The Morgan fingerprint density at radius 3 is 2.58 bits per heavy atom. The number of pyridine rings is 1. The molecule has 0 aliphatic carbocycles. The summed E-state index contributed by atoms with van der Waals surface area (Å²) in [5, 5.41) is 9.12. The number of aliphatic imine (C=N–C) groups is 1. The molecule has 0 saturated carbocycles. The molecule has 7 nitrogen and oxygen atoms in total. The number of rotatable bonds is 8. The van der Waals surface area contributed by atoms with Crippen LogP contribution in [0.2, 0.25) is 0 Å². The Kier molecular flexibility index (Phi) is 10.5. The van der Waals surface area contributed by atoms with E-state index in [-0.39, 0.29) is 35.7 Å². The number of nitrogens with one attached hydrogen (secondary N) is 3. The Hall–Kier alpha value is -3.21. The van der Waals surface area contributed by atoms with Crippen LogP contribution in [0.1, 0.15) is 21.5 Å². The number of carbonyl (C=O) groups is 1. The topological polar surface area (TPSA) is 87.6 Å². The van der Waals surface area contributed by atoms with Crippen molar-refractivity contribution in [3.8, 4) is 11.6 Å². The molecule has 9 heteroatoms. The van der Waals surface area contributed by atoms with Gasteiger partial charge in [0.05, 0.1) is 0 Å². The number of ether oxygens (including phenoxy) is 1. The van der Waals surface area contributed by atoms with E-state index >= 15 is 0 Å². The van der Waals surface area contributed by atoms with Crippen LogP contribution >= 0.6 is 24.0 Å². The van der Waals surface area contributed by atoms with Crippen molar-refractivity contribution >= 4 is 35.8 Å². The van der Waals surface area contributed by atoms with Crippen LogP contribution in [0.15, 0.2) is 71.9 Å². The van der Waals surface area contributed by atoms with Gasteiger partial charge in [0.25, 0.3) is 5.91 Å². The van der Waals surface area contributed by atoms with Crippen molar-refractivity contribution in [3.05, 3.63) is 89.4 Å². The lowest BCUT2D eigenvalue weighted by atomic mass is 10.1. The van der Waals surface area contributed by atoms with Gasteiger partial charge >= 0.3 is 0 Å². The molecule has 0 spiro atoms. The first kappa shape index (κ1) is 26.0. The quantitative estimate of drug-likeness (QED) is 0.220. The van der Waals surface area contributed by atoms with Crippen LogP contribution < -0.4 is 20.7 Å². The molecule has 0 saturated heterocycles. The molecule has 0 aliphatic rings. The molecular weight excluding hydrogens is 536 g/mol. The van der Waals surface area contributed by atoms with Gasteiger partial charge in [-0.3, -0.25) is 9.79 Å². The van der Waals surface area contributed by atoms with E-state index in [9.17, 15) is 9.18 Å². The molecule has 3 N–H and O–H groups in total. The van der Waals surface area contributed by atoms with Gasteiger partial charge in [0, 0.05) is 51.1 Å². The highest BCUT2D eigenvalue weighted by molar-refractivity contribution is 14.0. The summed E-state index contributed by atoms with van der Waals surface area (Å²) in [5.41, 5.74) is 2.65. The molecule has 0 bridgehead atoms. The highest BCUT2D eigenvalue weighted by Gasteiger charge is 2.05.